The second-order valence-electron chi connectivity index (χ2n) is 5.12. The van der Waals surface area contributed by atoms with Crippen molar-refractivity contribution in [2.45, 2.75) is 6.92 Å². The zero-order chi connectivity index (χ0) is 18.3. The van der Waals surface area contributed by atoms with E-state index in [-0.39, 0.29) is 27.4 Å². The molecule has 2 heterocycles. The number of carbonyl (C=O) groups is 1. The number of aromatic nitrogens is 3. The number of carbonyl (C=O) groups excluding carboxylic acids is 1. The van der Waals surface area contributed by atoms with Gasteiger partial charge in [-0.05, 0) is 24.6 Å². The monoisotopic (exact) mass is 381 g/mol. The second-order valence-corrected chi connectivity index (χ2v) is 5.83. The number of hydrogen-bond acceptors (Lipinski definition) is 5. The van der Waals surface area contributed by atoms with E-state index in [2.05, 4.69) is 9.97 Å². The number of para-hydroxylation sites is 1. The first-order chi connectivity index (χ1) is 11.8. The largest absolute Gasteiger partial charge is 0.465 e. The fourth-order valence-electron chi connectivity index (χ4n) is 2.50. The topological polar surface area (TPSA) is 74.1 Å². The molecule has 0 N–H and O–H groups in total. The molecule has 0 aliphatic carbocycles. The zero-order valence-corrected chi connectivity index (χ0v) is 14.5. The molecule has 3 aromatic rings. The van der Waals surface area contributed by atoms with E-state index in [1.165, 1.54) is 13.2 Å². The summed E-state index contributed by atoms with van der Waals surface area (Å²) in [6, 6.07) is 5.86. The first kappa shape index (κ1) is 17.3. The van der Waals surface area contributed by atoms with Gasteiger partial charge < -0.3 is 4.74 Å². The minimum Gasteiger partial charge on any atom is -0.465 e. The van der Waals surface area contributed by atoms with Crippen molar-refractivity contribution in [2.24, 2.45) is 0 Å². The van der Waals surface area contributed by atoms with Gasteiger partial charge in [-0.15, -0.1) is 0 Å². The van der Waals surface area contributed by atoms with E-state index in [9.17, 15) is 14.0 Å². The van der Waals surface area contributed by atoms with E-state index < -0.39 is 22.6 Å². The van der Waals surface area contributed by atoms with Crippen molar-refractivity contribution >= 4 is 40.2 Å². The van der Waals surface area contributed by atoms with E-state index in [0.717, 1.165) is 10.6 Å². The molecule has 0 spiro atoms. The molecule has 0 unspecified atom stereocenters. The summed E-state index contributed by atoms with van der Waals surface area (Å²) in [5.41, 5.74) is 0.113. The fourth-order valence-corrected chi connectivity index (χ4v) is 2.84. The Morgan fingerprint density at radius 3 is 2.64 bits per heavy atom. The van der Waals surface area contributed by atoms with E-state index in [1.54, 1.807) is 19.1 Å². The van der Waals surface area contributed by atoms with Crippen LogP contribution in [0.1, 0.15) is 15.9 Å². The molecule has 0 bridgehead atoms. The minimum absolute atomic E-state index is 0.0177. The maximum atomic E-state index is 13.8. The molecule has 0 saturated carbocycles. The first-order valence-corrected chi connectivity index (χ1v) is 7.73. The van der Waals surface area contributed by atoms with Gasteiger partial charge in [0.25, 0.3) is 0 Å². The third-order valence-corrected chi connectivity index (χ3v) is 4.15. The summed E-state index contributed by atoms with van der Waals surface area (Å²) >= 11 is 11.7. The molecule has 0 saturated heterocycles. The number of rotatable bonds is 2. The average molecular weight is 382 g/mol. The van der Waals surface area contributed by atoms with Gasteiger partial charge in [0, 0.05) is 0 Å². The molecule has 6 nitrogen and oxygen atoms in total. The molecule has 2 aromatic heterocycles. The van der Waals surface area contributed by atoms with Crippen LogP contribution in [0.15, 0.2) is 29.1 Å². The summed E-state index contributed by atoms with van der Waals surface area (Å²) in [5.74, 6) is -1.46. The molecular formula is C16H10Cl2FN3O3. The molecule has 9 heteroatoms. The Hall–Kier alpha value is -2.51. The van der Waals surface area contributed by atoms with Gasteiger partial charge in [0.1, 0.15) is 5.15 Å². The van der Waals surface area contributed by atoms with E-state index in [1.807, 2.05) is 0 Å². The van der Waals surface area contributed by atoms with Crippen LogP contribution in [0.25, 0.3) is 16.7 Å². The third-order valence-electron chi connectivity index (χ3n) is 3.60. The van der Waals surface area contributed by atoms with E-state index in [0.29, 0.717) is 5.56 Å². The lowest BCUT2D eigenvalue weighted by molar-refractivity contribution is 0.0600. The van der Waals surface area contributed by atoms with E-state index >= 15 is 0 Å². The molecule has 25 heavy (non-hydrogen) atoms. The lowest BCUT2D eigenvalue weighted by atomic mass is 10.1. The molecule has 3 rings (SSSR count). The summed E-state index contributed by atoms with van der Waals surface area (Å²) < 4.78 is 19.6. The quantitative estimate of drug-likeness (QED) is 0.386. The van der Waals surface area contributed by atoms with Crippen LogP contribution in [-0.2, 0) is 4.74 Å². The highest BCUT2D eigenvalue weighted by atomic mass is 35.5. The number of methoxy groups -OCH3 is 1. The van der Waals surface area contributed by atoms with Crippen molar-refractivity contribution in [1.82, 2.24) is 14.5 Å². The molecule has 0 aliphatic heterocycles. The number of benzene rings is 1. The van der Waals surface area contributed by atoms with Crippen molar-refractivity contribution in [3.05, 3.63) is 62.0 Å². The Morgan fingerprint density at radius 2 is 1.96 bits per heavy atom. The standard InChI is InChI=1S/C16H10Cl2FN3O3/c1-7-4-3-5-8(15(23)25-2)11(7)22-14-9(12(17)21-16(22)24)6-10(19)13(18)20-14/h3-6H,1-2H3. The number of fused-ring (bicyclic) bond motifs is 1. The van der Waals surface area contributed by atoms with Crippen LogP contribution in [0.5, 0.6) is 0 Å². The molecule has 0 fully saturated rings. The number of nitrogens with zero attached hydrogens (tertiary/aromatic N) is 3. The van der Waals surface area contributed by atoms with E-state index in [4.69, 9.17) is 27.9 Å². The predicted molar refractivity (Wildman–Crippen MR) is 91.2 cm³/mol. The number of pyridine rings is 1. The Balaban J connectivity index is 2.52. The predicted octanol–water partition coefficient (Wildman–Crippen LogP) is 3.32. The maximum Gasteiger partial charge on any atom is 0.355 e. The van der Waals surface area contributed by atoms with Crippen LogP contribution < -0.4 is 5.69 Å². The zero-order valence-electron chi connectivity index (χ0n) is 13.0. The Bertz CT molecular complexity index is 1080. The molecule has 0 aliphatic rings. The van der Waals surface area contributed by atoms with Crippen LogP contribution >= 0.6 is 23.2 Å². The SMILES string of the molecule is COC(=O)c1cccc(C)c1-n1c(=O)nc(Cl)c2cc(F)c(Cl)nc21. The molecule has 1 aromatic carbocycles. The average Bonchev–Trinajstić information content (AvgIpc) is 2.57. The van der Waals surface area contributed by atoms with Crippen molar-refractivity contribution in [1.29, 1.82) is 0 Å². The number of aryl methyl sites for hydroxylation is 1. The van der Waals surface area contributed by atoms with Gasteiger partial charge in [-0.3, -0.25) is 0 Å². The maximum absolute atomic E-state index is 13.8. The first-order valence-electron chi connectivity index (χ1n) is 6.97. The van der Waals surface area contributed by atoms with Crippen LogP contribution in [0.3, 0.4) is 0 Å². The second kappa shape index (κ2) is 6.42. The third kappa shape index (κ3) is 2.85. The van der Waals surface area contributed by atoms with Crippen LogP contribution in [-0.4, -0.2) is 27.6 Å². The normalized spacial score (nSPS) is 10.9. The summed E-state index contributed by atoms with van der Waals surface area (Å²) in [6.45, 7) is 1.69. The van der Waals surface area contributed by atoms with Gasteiger partial charge in [0.15, 0.2) is 16.6 Å². The fraction of sp³-hybridized carbons (Fsp3) is 0.125. The Labute approximate surface area is 150 Å². The van der Waals surface area contributed by atoms with Crippen LogP contribution in [0, 0.1) is 12.7 Å². The van der Waals surface area contributed by atoms with Crippen molar-refractivity contribution < 1.29 is 13.9 Å². The van der Waals surface area contributed by atoms with Crippen molar-refractivity contribution in [3.63, 3.8) is 0 Å². The number of esters is 1. The lowest BCUT2D eigenvalue weighted by Crippen LogP contribution is -2.25. The van der Waals surface area contributed by atoms with Gasteiger partial charge in [-0.1, -0.05) is 35.3 Å². The molecule has 128 valence electrons. The summed E-state index contributed by atoms with van der Waals surface area (Å²) in [4.78, 5) is 32.2. The molecule has 0 amide bonds. The minimum atomic E-state index is -0.805. The highest BCUT2D eigenvalue weighted by Gasteiger charge is 2.21. The van der Waals surface area contributed by atoms with Gasteiger partial charge in [-0.2, -0.15) is 4.98 Å². The number of ether oxygens (including phenoxy) is 1. The molecular weight excluding hydrogens is 372 g/mol. The van der Waals surface area contributed by atoms with Crippen molar-refractivity contribution in [3.8, 4) is 5.69 Å². The Morgan fingerprint density at radius 1 is 1.24 bits per heavy atom. The van der Waals surface area contributed by atoms with Gasteiger partial charge in [-0.25, -0.2) is 23.5 Å². The number of halogens is 3. The highest BCUT2D eigenvalue weighted by Crippen LogP contribution is 2.27. The smallest absolute Gasteiger partial charge is 0.355 e. The van der Waals surface area contributed by atoms with Crippen molar-refractivity contribution in [2.75, 3.05) is 7.11 Å². The molecule has 0 radical (unpaired) electrons. The Kier molecular flexibility index (Phi) is 4.45. The summed E-state index contributed by atoms with van der Waals surface area (Å²) in [6.07, 6.45) is 0. The highest BCUT2D eigenvalue weighted by molar-refractivity contribution is 6.34. The number of hydrogen-bond donors (Lipinski definition) is 0. The van der Waals surface area contributed by atoms with Crippen LogP contribution in [0.4, 0.5) is 4.39 Å². The van der Waals surface area contributed by atoms with Gasteiger partial charge in [0.05, 0.1) is 23.7 Å². The van der Waals surface area contributed by atoms with Crippen LogP contribution in [0.2, 0.25) is 10.3 Å². The van der Waals surface area contributed by atoms with Gasteiger partial charge in [0.2, 0.25) is 0 Å². The lowest BCUT2D eigenvalue weighted by Gasteiger charge is -2.15. The van der Waals surface area contributed by atoms with Gasteiger partial charge >= 0.3 is 11.7 Å². The molecule has 0 atom stereocenters. The summed E-state index contributed by atoms with van der Waals surface area (Å²) in [5, 5.41) is -0.564. The summed E-state index contributed by atoms with van der Waals surface area (Å²) in [7, 11) is 1.22.